The van der Waals surface area contributed by atoms with Crippen molar-refractivity contribution in [2.45, 2.75) is 51.8 Å². The van der Waals surface area contributed by atoms with Gasteiger partial charge in [0.05, 0.1) is 17.9 Å². The first kappa shape index (κ1) is 22.1. The number of hydrogen-bond donors (Lipinski definition) is 2. The lowest BCUT2D eigenvalue weighted by Crippen LogP contribution is -2.34. The van der Waals surface area contributed by atoms with Gasteiger partial charge in [-0.05, 0) is 43.3 Å². The van der Waals surface area contributed by atoms with Crippen LogP contribution in [0.1, 0.15) is 43.6 Å². The Bertz CT molecular complexity index is 1080. The minimum absolute atomic E-state index is 0.0121. The molecule has 0 spiro atoms. The molecule has 1 aliphatic heterocycles. The van der Waals surface area contributed by atoms with Gasteiger partial charge in [0.1, 0.15) is 17.7 Å². The van der Waals surface area contributed by atoms with E-state index in [0.29, 0.717) is 35.8 Å². The Hall–Kier alpha value is -3.07. The van der Waals surface area contributed by atoms with E-state index in [1.54, 1.807) is 31.9 Å². The third kappa shape index (κ3) is 4.29. The van der Waals surface area contributed by atoms with Gasteiger partial charge in [0, 0.05) is 48.6 Å². The van der Waals surface area contributed by atoms with Crippen LogP contribution in [-0.2, 0) is 11.3 Å². The average Bonchev–Trinajstić information content (AvgIpc) is 3.40. The number of rotatable bonds is 5. The molecule has 1 aromatic carbocycles. The largest absolute Gasteiger partial charge is 0.488 e. The molecule has 1 fully saturated rings. The summed E-state index contributed by atoms with van der Waals surface area (Å²) < 4.78 is 20.3. The molecule has 0 unspecified atom stereocenters. The molecule has 0 saturated heterocycles. The van der Waals surface area contributed by atoms with Gasteiger partial charge < -0.3 is 20.1 Å². The second kappa shape index (κ2) is 8.82. The molecule has 1 aliphatic carbocycles. The lowest BCUT2D eigenvalue weighted by molar-refractivity contribution is -0.129. The molecule has 7 nitrogen and oxygen atoms in total. The standard InChI is InChI=1S/C23H26FN3O4S/c1-13-22(18-8-9-32-21(18)12-27(13)23(29)30)25-19-7-4-15(24)10-20(19)31-17-6-5-16(11-17)26(3)14(2)28/h4,7-10,16-17,25H,5-6,11-12H2,1-3H3,(H,29,30)/t16-,17-/m0/s1. The van der Waals surface area contributed by atoms with Gasteiger partial charge in [0.2, 0.25) is 5.91 Å². The molecule has 4 rings (SSSR count). The van der Waals surface area contributed by atoms with Crippen molar-refractivity contribution in [3.63, 3.8) is 0 Å². The van der Waals surface area contributed by atoms with Gasteiger partial charge >= 0.3 is 6.09 Å². The van der Waals surface area contributed by atoms with E-state index in [9.17, 15) is 19.1 Å². The van der Waals surface area contributed by atoms with Crippen molar-refractivity contribution in [1.29, 1.82) is 0 Å². The van der Waals surface area contributed by atoms with Gasteiger partial charge in [0.15, 0.2) is 0 Å². The van der Waals surface area contributed by atoms with Crippen LogP contribution >= 0.6 is 11.3 Å². The fraction of sp³-hybridized carbons (Fsp3) is 0.391. The monoisotopic (exact) mass is 459 g/mol. The van der Waals surface area contributed by atoms with Crippen LogP contribution in [0.3, 0.4) is 0 Å². The number of thiophene rings is 1. The highest BCUT2D eigenvalue weighted by atomic mass is 32.1. The third-order valence-corrected chi connectivity index (χ3v) is 7.12. The smallest absolute Gasteiger partial charge is 0.411 e. The summed E-state index contributed by atoms with van der Waals surface area (Å²) in [7, 11) is 1.79. The normalized spacial score (nSPS) is 20.2. The molecule has 1 saturated carbocycles. The third-order valence-electron chi connectivity index (χ3n) is 6.21. The minimum Gasteiger partial charge on any atom is -0.488 e. The van der Waals surface area contributed by atoms with Crippen LogP contribution in [0, 0.1) is 5.82 Å². The molecule has 170 valence electrons. The number of nitrogens with one attached hydrogen (secondary N) is 1. The summed E-state index contributed by atoms with van der Waals surface area (Å²) in [6, 6.07) is 6.34. The van der Waals surface area contributed by atoms with E-state index in [1.807, 2.05) is 11.4 Å². The van der Waals surface area contributed by atoms with E-state index < -0.39 is 11.9 Å². The molecule has 2 heterocycles. The molecular weight excluding hydrogens is 433 g/mol. The van der Waals surface area contributed by atoms with Crippen molar-refractivity contribution < 1.29 is 23.8 Å². The van der Waals surface area contributed by atoms with Crippen molar-refractivity contribution in [1.82, 2.24) is 9.80 Å². The Morgan fingerprint density at radius 3 is 2.81 bits per heavy atom. The van der Waals surface area contributed by atoms with E-state index in [2.05, 4.69) is 5.32 Å². The van der Waals surface area contributed by atoms with Crippen molar-refractivity contribution in [3.05, 3.63) is 51.6 Å². The van der Waals surface area contributed by atoms with Gasteiger partial charge in [-0.2, -0.15) is 0 Å². The maximum absolute atomic E-state index is 14.1. The molecule has 1 aromatic heterocycles. The number of nitrogens with zero attached hydrogens (tertiary/aromatic N) is 2. The number of hydrogen-bond acceptors (Lipinski definition) is 5. The Labute approximate surface area is 190 Å². The number of carboxylic acid groups (broad SMARTS) is 1. The van der Waals surface area contributed by atoms with E-state index >= 15 is 0 Å². The Morgan fingerprint density at radius 2 is 2.09 bits per heavy atom. The number of carbonyl (C=O) groups is 2. The van der Waals surface area contributed by atoms with Crippen LogP contribution < -0.4 is 10.1 Å². The zero-order valence-corrected chi connectivity index (χ0v) is 19.0. The van der Waals surface area contributed by atoms with E-state index in [4.69, 9.17) is 4.74 Å². The van der Waals surface area contributed by atoms with Gasteiger partial charge in [0.25, 0.3) is 0 Å². The summed E-state index contributed by atoms with van der Waals surface area (Å²) in [6.45, 7) is 3.60. The lowest BCUT2D eigenvalue weighted by atomic mass is 10.1. The number of benzene rings is 1. The second-order valence-electron chi connectivity index (χ2n) is 8.19. The SMILES string of the molecule is CC(=O)N(C)[C@H]1CC[C@H](Oc2cc(F)ccc2NC2=C(C)N(C(=O)O)Cc3sccc32)C1. The lowest BCUT2D eigenvalue weighted by Gasteiger charge is -2.29. The molecule has 2 aromatic rings. The molecule has 0 radical (unpaired) electrons. The molecular formula is C23H26FN3O4S. The average molecular weight is 460 g/mol. The van der Waals surface area contributed by atoms with Crippen molar-refractivity contribution in [2.24, 2.45) is 0 Å². The van der Waals surface area contributed by atoms with E-state index in [1.165, 1.54) is 28.4 Å². The predicted molar refractivity (Wildman–Crippen MR) is 121 cm³/mol. The topological polar surface area (TPSA) is 82.1 Å². The van der Waals surface area contributed by atoms with Crippen molar-refractivity contribution >= 4 is 34.7 Å². The number of amides is 2. The summed E-state index contributed by atoms with van der Waals surface area (Å²) in [5, 5.41) is 14.8. The first-order chi connectivity index (χ1) is 15.2. The number of ether oxygens (including phenoxy) is 1. The maximum Gasteiger partial charge on any atom is 0.411 e. The summed E-state index contributed by atoms with van der Waals surface area (Å²) in [6.07, 6.45) is 1.10. The van der Waals surface area contributed by atoms with Crippen LogP contribution in [0.25, 0.3) is 5.70 Å². The van der Waals surface area contributed by atoms with Crippen molar-refractivity contribution in [3.8, 4) is 5.75 Å². The zero-order valence-electron chi connectivity index (χ0n) is 18.2. The molecule has 0 bridgehead atoms. The van der Waals surface area contributed by atoms with Crippen molar-refractivity contribution in [2.75, 3.05) is 12.4 Å². The van der Waals surface area contributed by atoms with Gasteiger partial charge in [-0.15, -0.1) is 11.3 Å². The second-order valence-corrected chi connectivity index (χ2v) is 9.19. The fourth-order valence-corrected chi connectivity index (χ4v) is 5.16. The van der Waals surface area contributed by atoms with E-state index in [-0.39, 0.29) is 18.1 Å². The quantitative estimate of drug-likeness (QED) is 0.661. The van der Waals surface area contributed by atoms with Crippen LogP contribution in [0.5, 0.6) is 5.75 Å². The van der Waals surface area contributed by atoms with Crippen LogP contribution in [0.2, 0.25) is 0 Å². The Balaban J connectivity index is 1.60. The summed E-state index contributed by atoms with van der Waals surface area (Å²) in [5.74, 6) is -0.0395. The minimum atomic E-state index is -1.02. The Kier molecular flexibility index (Phi) is 6.10. The number of halogens is 1. The highest BCUT2D eigenvalue weighted by molar-refractivity contribution is 7.10. The number of allylic oxidation sites excluding steroid dienone is 1. The number of carbonyl (C=O) groups excluding carboxylic acids is 1. The summed E-state index contributed by atoms with van der Waals surface area (Å²) in [5.41, 5.74) is 2.73. The first-order valence-corrected chi connectivity index (χ1v) is 11.4. The molecule has 9 heteroatoms. The maximum atomic E-state index is 14.1. The van der Waals surface area contributed by atoms with Gasteiger partial charge in [-0.3, -0.25) is 9.69 Å². The molecule has 32 heavy (non-hydrogen) atoms. The molecule has 2 N–H and O–H groups in total. The number of anilines is 1. The van der Waals surface area contributed by atoms with E-state index in [0.717, 1.165) is 23.3 Å². The molecule has 2 amide bonds. The van der Waals surface area contributed by atoms with Gasteiger partial charge in [-0.1, -0.05) is 0 Å². The fourth-order valence-electron chi connectivity index (χ4n) is 4.29. The zero-order chi connectivity index (χ0) is 23.0. The molecule has 2 aliphatic rings. The van der Waals surface area contributed by atoms with Gasteiger partial charge in [-0.25, -0.2) is 9.18 Å². The predicted octanol–water partition coefficient (Wildman–Crippen LogP) is 4.96. The number of fused-ring (bicyclic) bond motifs is 1. The van der Waals surface area contributed by atoms with Crippen LogP contribution in [-0.4, -0.2) is 46.1 Å². The summed E-state index contributed by atoms with van der Waals surface area (Å²) in [4.78, 5) is 27.4. The first-order valence-electron chi connectivity index (χ1n) is 10.5. The molecule has 2 atom stereocenters. The van der Waals surface area contributed by atoms with Crippen LogP contribution in [0.4, 0.5) is 14.9 Å². The summed E-state index contributed by atoms with van der Waals surface area (Å²) >= 11 is 1.50. The highest BCUT2D eigenvalue weighted by Gasteiger charge is 2.31. The Morgan fingerprint density at radius 1 is 1.31 bits per heavy atom. The highest BCUT2D eigenvalue weighted by Crippen LogP contribution is 2.39. The van der Waals surface area contributed by atoms with Crippen LogP contribution in [0.15, 0.2) is 35.3 Å².